The number of likely N-dealkylation sites (tertiary alicyclic amines) is 1. The van der Waals surface area contributed by atoms with E-state index in [2.05, 4.69) is 25.4 Å². The summed E-state index contributed by atoms with van der Waals surface area (Å²) in [6.07, 6.45) is 2.31. The van der Waals surface area contributed by atoms with Crippen molar-refractivity contribution in [1.29, 1.82) is 0 Å². The molecule has 6 rings (SSSR count). The molecule has 0 spiro atoms. The highest BCUT2D eigenvalue weighted by molar-refractivity contribution is 6.06. The van der Waals surface area contributed by atoms with Crippen LogP contribution < -0.4 is 15.5 Å². The maximum Gasteiger partial charge on any atom is 0.416 e. The number of pyridine rings is 1. The summed E-state index contributed by atoms with van der Waals surface area (Å²) in [7, 11) is 0. The molecule has 0 saturated carbocycles. The standard InChI is InChI=1S/C39H42F3N5O3/c40-39(41,42)32-9-5-6-28(21-32)24-44-37(49)31-12-15-43-36(22-31)34-23-33(47-16-2-1-3-17-47)10-11-35(34)45-38(50)30-8-4-7-29(20-30)25-46-18-13-27(26-48)14-19-46/h4-12,15,20-23,27,48H,1-3,13-14,16-19,24-26H2,(H,44,49)(H,45,50). The first-order chi connectivity index (χ1) is 24.2. The molecule has 2 aliphatic rings. The average molecular weight is 686 g/mol. The van der Waals surface area contributed by atoms with Gasteiger partial charge in [0.25, 0.3) is 11.8 Å². The number of benzene rings is 3. The molecule has 1 aromatic heterocycles. The molecule has 11 heteroatoms. The number of alkyl halides is 3. The molecule has 0 unspecified atom stereocenters. The number of aliphatic hydroxyl groups is 1. The normalized spacial score (nSPS) is 15.9. The van der Waals surface area contributed by atoms with Crippen molar-refractivity contribution in [3.8, 4) is 11.3 Å². The van der Waals surface area contributed by atoms with Gasteiger partial charge in [0.1, 0.15) is 0 Å². The molecule has 2 aliphatic heterocycles. The van der Waals surface area contributed by atoms with Gasteiger partial charge in [-0.15, -0.1) is 0 Å². The van der Waals surface area contributed by atoms with Crippen LogP contribution in [-0.2, 0) is 19.3 Å². The van der Waals surface area contributed by atoms with Crippen LogP contribution in [0.15, 0.2) is 85.1 Å². The fraction of sp³-hybridized carbons (Fsp3) is 0.359. The van der Waals surface area contributed by atoms with Gasteiger partial charge in [0, 0.05) is 61.4 Å². The molecule has 2 saturated heterocycles. The van der Waals surface area contributed by atoms with Crippen LogP contribution in [-0.4, -0.2) is 59.6 Å². The van der Waals surface area contributed by atoms with Crippen molar-refractivity contribution >= 4 is 23.2 Å². The third-order valence-corrected chi connectivity index (χ3v) is 9.54. The topological polar surface area (TPSA) is 97.8 Å². The summed E-state index contributed by atoms with van der Waals surface area (Å²) in [4.78, 5) is 36.1. The third-order valence-electron chi connectivity index (χ3n) is 9.54. The summed E-state index contributed by atoms with van der Waals surface area (Å²) in [5, 5.41) is 15.3. The Balaban J connectivity index is 1.22. The lowest BCUT2D eigenvalue weighted by Crippen LogP contribution is -2.34. The van der Waals surface area contributed by atoms with Crippen LogP contribution in [0.1, 0.15) is 69.5 Å². The van der Waals surface area contributed by atoms with E-state index in [0.717, 1.165) is 81.8 Å². The highest BCUT2D eigenvalue weighted by atomic mass is 19.4. The number of piperidine rings is 2. The number of halogens is 3. The van der Waals surface area contributed by atoms with E-state index in [1.54, 1.807) is 18.2 Å². The molecule has 4 aromatic rings. The molecule has 50 heavy (non-hydrogen) atoms. The Morgan fingerprint density at radius 3 is 2.32 bits per heavy atom. The van der Waals surface area contributed by atoms with Crippen molar-refractivity contribution in [3.63, 3.8) is 0 Å². The lowest BCUT2D eigenvalue weighted by atomic mass is 9.97. The van der Waals surface area contributed by atoms with Gasteiger partial charge in [-0.05, 0) is 117 Å². The van der Waals surface area contributed by atoms with Gasteiger partial charge in [-0.2, -0.15) is 13.2 Å². The Bertz CT molecular complexity index is 1800. The van der Waals surface area contributed by atoms with Gasteiger partial charge >= 0.3 is 6.18 Å². The summed E-state index contributed by atoms with van der Waals surface area (Å²) in [6.45, 7) is 4.52. The first-order valence-corrected chi connectivity index (χ1v) is 17.2. The number of nitrogens with zero attached hydrogens (tertiary/aromatic N) is 3. The minimum Gasteiger partial charge on any atom is -0.396 e. The van der Waals surface area contributed by atoms with E-state index in [1.807, 2.05) is 36.4 Å². The van der Waals surface area contributed by atoms with Crippen molar-refractivity contribution in [2.45, 2.75) is 51.4 Å². The smallest absolute Gasteiger partial charge is 0.396 e. The molecule has 3 N–H and O–H groups in total. The number of hydrogen-bond donors (Lipinski definition) is 3. The van der Waals surface area contributed by atoms with E-state index >= 15 is 0 Å². The Hall–Kier alpha value is -4.74. The molecule has 3 aromatic carbocycles. The summed E-state index contributed by atoms with van der Waals surface area (Å²) in [5.74, 6) is -0.373. The number of aliphatic hydroxyl groups excluding tert-OH is 1. The summed E-state index contributed by atoms with van der Waals surface area (Å²) in [5.41, 5.74) is 4.07. The molecule has 262 valence electrons. The van der Waals surface area contributed by atoms with Crippen molar-refractivity contribution in [2.24, 2.45) is 5.92 Å². The molecule has 2 fully saturated rings. The van der Waals surface area contributed by atoms with E-state index in [4.69, 9.17) is 0 Å². The van der Waals surface area contributed by atoms with E-state index in [9.17, 15) is 27.9 Å². The van der Waals surface area contributed by atoms with Crippen molar-refractivity contribution in [1.82, 2.24) is 15.2 Å². The Morgan fingerprint density at radius 2 is 1.56 bits per heavy atom. The van der Waals surface area contributed by atoms with Crippen molar-refractivity contribution in [2.75, 3.05) is 43.0 Å². The van der Waals surface area contributed by atoms with E-state index < -0.39 is 17.6 Å². The van der Waals surface area contributed by atoms with Gasteiger partial charge in [0.05, 0.1) is 16.9 Å². The number of rotatable bonds is 10. The van der Waals surface area contributed by atoms with Gasteiger partial charge in [-0.1, -0.05) is 24.3 Å². The summed E-state index contributed by atoms with van der Waals surface area (Å²) in [6, 6.07) is 21.5. The molecular formula is C39H42F3N5O3. The van der Waals surface area contributed by atoms with E-state index in [0.29, 0.717) is 39.6 Å². The van der Waals surface area contributed by atoms with Crippen molar-refractivity contribution < 1.29 is 27.9 Å². The zero-order valence-electron chi connectivity index (χ0n) is 27.9. The largest absolute Gasteiger partial charge is 0.416 e. The molecule has 0 radical (unpaired) electrons. The summed E-state index contributed by atoms with van der Waals surface area (Å²) < 4.78 is 39.6. The molecule has 0 atom stereocenters. The zero-order valence-corrected chi connectivity index (χ0v) is 27.9. The van der Waals surface area contributed by atoms with Crippen LogP contribution >= 0.6 is 0 Å². The second-order valence-electron chi connectivity index (χ2n) is 13.1. The predicted octanol–water partition coefficient (Wildman–Crippen LogP) is 7.14. The van der Waals surface area contributed by atoms with Crippen LogP contribution in [0.3, 0.4) is 0 Å². The highest BCUT2D eigenvalue weighted by Gasteiger charge is 2.30. The summed E-state index contributed by atoms with van der Waals surface area (Å²) >= 11 is 0. The average Bonchev–Trinajstić information content (AvgIpc) is 3.14. The maximum absolute atomic E-state index is 13.7. The lowest BCUT2D eigenvalue weighted by molar-refractivity contribution is -0.137. The van der Waals surface area contributed by atoms with Crippen LogP contribution in [0, 0.1) is 5.92 Å². The molecule has 3 heterocycles. The van der Waals surface area contributed by atoms with Crippen LogP contribution in [0.25, 0.3) is 11.3 Å². The highest BCUT2D eigenvalue weighted by Crippen LogP contribution is 2.34. The SMILES string of the molecule is O=C(NCc1cccc(C(F)(F)F)c1)c1ccnc(-c2cc(N3CCCCC3)ccc2NC(=O)c2cccc(CN3CCC(CO)CC3)c2)c1. The number of aromatic nitrogens is 1. The number of hydrogen-bond acceptors (Lipinski definition) is 6. The molecule has 2 amide bonds. The third kappa shape index (κ3) is 8.88. The molecular weight excluding hydrogens is 643 g/mol. The second-order valence-corrected chi connectivity index (χ2v) is 13.1. The lowest BCUT2D eigenvalue weighted by Gasteiger charge is -2.31. The van der Waals surface area contributed by atoms with Crippen molar-refractivity contribution in [3.05, 3.63) is 113 Å². The number of carbonyl (C=O) groups is 2. The fourth-order valence-electron chi connectivity index (χ4n) is 6.65. The quantitative estimate of drug-likeness (QED) is 0.164. The Kier molecular flexibility index (Phi) is 11.1. The first-order valence-electron chi connectivity index (χ1n) is 17.2. The van der Waals surface area contributed by atoms with Gasteiger partial charge < -0.3 is 20.6 Å². The molecule has 0 bridgehead atoms. The van der Waals surface area contributed by atoms with Gasteiger partial charge in [-0.25, -0.2) is 0 Å². The minimum atomic E-state index is -4.47. The monoisotopic (exact) mass is 685 g/mol. The number of amides is 2. The Labute approximate surface area is 290 Å². The second kappa shape index (κ2) is 15.9. The van der Waals surface area contributed by atoms with E-state index in [1.165, 1.54) is 24.8 Å². The maximum atomic E-state index is 13.7. The first kappa shape index (κ1) is 35.1. The molecule has 8 nitrogen and oxygen atoms in total. The molecule has 0 aliphatic carbocycles. The number of carbonyl (C=O) groups excluding carboxylic acids is 2. The van der Waals surface area contributed by atoms with Crippen LogP contribution in [0.4, 0.5) is 24.5 Å². The zero-order chi connectivity index (χ0) is 35.1. The van der Waals surface area contributed by atoms with Gasteiger partial charge in [-0.3, -0.25) is 19.5 Å². The van der Waals surface area contributed by atoms with Gasteiger partial charge in [0.15, 0.2) is 0 Å². The minimum absolute atomic E-state index is 0.0772. The Morgan fingerprint density at radius 1 is 0.820 bits per heavy atom. The predicted molar refractivity (Wildman–Crippen MR) is 188 cm³/mol. The van der Waals surface area contributed by atoms with Crippen LogP contribution in [0.2, 0.25) is 0 Å². The van der Waals surface area contributed by atoms with E-state index in [-0.39, 0.29) is 19.1 Å². The fourth-order valence-corrected chi connectivity index (χ4v) is 6.65. The number of nitrogens with one attached hydrogen (secondary N) is 2. The number of anilines is 2. The van der Waals surface area contributed by atoms with Crippen LogP contribution in [0.5, 0.6) is 0 Å². The van der Waals surface area contributed by atoms with Gasteiger partial charge in [0.2, 0.25) is 0 Å².